The minimum atomic E-state index is -1.18. The molecule has 0 bridgehead atoms. The molecule has 0 saturated carbocycles. The van der Waals surface area contributed by atoms with Crippen molar-refractivity contribution in [2.45, 2.75) is 25.5 Å². The summed E-state index contributed by atoms with van der Waals surface area (Å²) in [7, 11) is 0. The Bertz CT molecular complexity index is 361. The molecule has 0 saturated heterocycles. The number of primary amides is 1. The van der Waals surface area contributed by atoms with E-state index in [-0.39, 0.29) is 6.42 Å². The summed E-state index contributed by atoms with van der Waals surface area (Å²) in [5.74, 6) is -1.30. The fraction of sp³-hybridized carbons (Fsp3) is 0.444. The Hall–Kier alpha value is -1.89. The molecule has 0 radical (unpaired) electrons. The Morgan fingerprint density at radius 3 is 2.81 bits per heavy atom. The Morgan fingerprint density at radius 1 is 1.69 bits per heavy atom. The summed E-state index contributed by atoms with van der Waals surface area (Å²) in [6.07, 6.45) is 2.03. The van der Waals surface area contributed by atoms with E-state index in [1.54, 1.807) is 0 Å². The molecule has 0 aromatic carbocycles. The van der Waals surface area contributed by atoms with Gasteiger partial charge in [0.1, 0.15) is 12.1 Å². The lowest BCUT2D eigenvalue weighted by molar-refractivity contribution is -0.132. The van der Waals surface area contributed by atoms with Crippen molar-refractivity contribution < 1.29 is 14.7 Å². The number of nitrogens with zero attached hydrogens (tertiary/aromatic N) is 1. The highest BCUT2D eigenvalue weighted by molar-refractivity contribution is 5.88. The fourth-order valence-corrected chi connectivity index (χ4v) is 1.13. The van der Waals surface area contributed by atoms with Gasteiger partial charge in [0.2, 0.25) is 11.8 Å². The SMILES string of the molecule is CC(O)C(=O)N[C@@H](Cc1cnc[nH]1)C(N)=O. The van der Waals surface area contributed by atoms with E-state index in [1.165, 1.54) is 19.4 Å². The second kappa shape index (κ2) is 5.26. The quantitative estimate of drug-likeness (QED) is 0.478. The molecule has 7 nitrogen and oxygen atoms in total. The van der Waals surface area contributed by atoms with Crippen LogP contribution in [0.1, 0.15) is 12.6 Å². The number of imidazole rings is 1. The molecule has 7 heteroatoms. The number of nitrogens with two attached hydrogens (primary N) is 1. The van der Waals surface area contributed by atoms with Gasteiger partial charge in [-0.25, -0.2) is 4.98 Å². The molecular formula is C9H14N4O3. The van der Waals surface area contributed by atoms with Crippen molar-refractivity contribution in [1.82, 2.24) is 15.3 Å². The van der Waals surface area contributed by atoms with Crippen LogP contribution in [0.4, 0.5) is 0 Å². The summed E-state index contributed by atoms with van der Waals surface area (Å²) in [6.45, 7) is 1.31. The summed E-state index contributed by atoms with van der Waals surface area (Å²) in [4.78, 5) is 28.8. The first-order valence-electron chi connectivity index (χ1n) is 4.75. The lowest BCUT2D eigenvalue weighted by atomic mass is 10.1. The van der Waals surface area contributed by atoms with Crippen LogP contribution >= 0.6 is 0 Å². The third-order valence-corrected chi connectivity index (χ3v) is 2.02. The second-order valence-corrected chi connectivity index (χ2v) is 3.42. The van der Waals surface area contributed by atoms with Gasteiger partial charge in [0.05, 0.1) is 6.33 Å². The molecule has 1 heterocycles. The Labute approximate surface area is 92.1 Å². The van der Waals surface area contributed by atoms with Gasteiger partial charge >= 0.3 is 0 Å². The topological polar surface area (TPSA) is 121 Å². The largest absolute Gasteiger partial charge is 0.384 e. The van der Waals surface area contributed by atoms with E-state index in [0.29, 0.717) is 5.69 Å². The Kier molecular flexibility index (Phi) is 4.01. The molecule has 1 aromatic rings. The molecule has 0 fully saturated rings. The van der Waals surface area contributed by atoms with Gasteiger partial charge in [-0.05, 0) is 6.92 Å². The summed E-state index contributed by atoms with van der Waals surface area (Å²) in [5, 5.41) is 11.3. The van der Waals surface area contributed by atoms with E-state index < -0.39 is 24.0 Å². The van der Waals surface area contributed by atoms with Gasteiger partial charge in [-0.1, -0.05) is 0 Å². The van der Waals surface area contributed by atoms with Crippen molar-refractivity contribution in [2.24, 2.45) is 5.73 Å². The number of hydrogen-bond acceptors (Lipinski definition) is 4. The lowest BCUT2D eigenvalue weighted by Crippen LogP contribution is -2.48. The molecule has 1 unspecified atom stereocenters. The maximum Gasteiger partial charge on any atom is 0.249 e. The van der Waals surface area contributed by atoms with Gasteiger partial charge in [0.15, 0.2) is 0 Å². The molecule has 16 heavy (non-hydrogen) atoms. The van der Waals surface area contributed by atoms with Crippen LogP contribution in [0.3, 0.4) is 0 Å². The normalized spacial score (nSPS) is 14.1. The van der Waals surface area contributed by atoms with Gasteiger partial charge < -0.3 is 21.1 Å². The number of aromatic amines is 1. The zero-order valence-corrected chi connectivity index (χ0v) is 8.80. The molecule has 1 aromatic heterocycles. The Balaban J connectivity index is 2.62. The van der Waals surface area contributed by atoms with Crippen molar-refractivity contribution in [3.05, 3.63) is 18.2 Å². The van der Waals surface area contributed by atoms with Crippen LogP contribution in [0.25, 0.3) is 0 Å². The minimum absolute atomic E-state index is 0.216. The number of hydrogen-bond donors (Lipinski definition) is 4. The van der Waals surface area contributed by atoms with E-state index in [2.05, 4.69) is 15.3 Å². The molecule has 0 aliphatic carbocycles. The van der Waals surface area contributed by atoms with E-state index in [9.17, 15) is 9.59 Å². The van der Waals surface area contributed by atoms with Gasteiger partial charge in [-0.2, -0.15) is 0 Å². The van der Waals surface area contributed by atoms with Crippen molar-refractivity contribution in [3.63, 3.8) is 0 Å². The van der Waals surface area contributed by atoms with Crippen molar-refractivity contribution in [1.29, 1.82) is 0 Å². The van der Waals surface area contributed by atoms with Crippen LogP contribution in [0.5, 0.6) is 0 Å². The maximum atomic E-state index is 11.2. The molecular weight excluding hydrogens is 212 g/mol. The fourth-order valence-electron chi connectivity index (χ4n) is 1.13. The lowest BCUT2D eigenvalue weighted by Gasteiger charge is -2.15. The standard InChI is InChI=1S/C9H14N4O3/c1-5(14)9(16)13-7(8(10)15)2-6-3-11-4-12-6/h3-5,7,14H,2H2,1H3,(H2,10,15)(H,11,12)(H,13,16)/t5?,7-/m0/s1. The van der Waals surface area contributed by atoms with Crippen LogP contribution in [-0.4, -0.2) is 39.0 Å². The summed E-state index contributed by atoms with van der Waals surface area (Å²) in [6, 6.07) is -0.859. The molecule has 88 valence electrons. The monoisotopic (exact) mass is 226 g/mol. The number of rotatable bonds is 5. The predicted octanol–water partition coefficient (Wildman–Crippen LogP) is -1.70. The average molecular weight is 226 g/mol. The second-order valence-electron chi connectivity index (χ2n) is 3.42. The van der Waals surface area contributed by atoms with Crippen molar-refractivity contribution in [2.75, 3.05) is 0 Å². The third-order valence-electron chi connectivity index (χ3n) is 2.02. The number of nitrogens with one attached hydrogen (secondary N) is 2. The highest BCUT2D eigenvalue weighted by Gasteiger charge is 2.21. The molecule has 5 N–H and O–H groups in total. The number of aliphatic hydroxyl groups is 1. The number of aliphatic hydroxyl groups excluding tert-OH is 1. The van der Waals surface area contributed by atoms with Gasteiger partial charge in [-0.15, -0.1) is 0 Å². The van der Waals surface area contributed by atoms with E-state index in [1.807, 2.05) is 0 Å². The first-order valence-corrected chi connectivity index (χ1v) is 4.75. The van der Waals surface area contributed by atoms with Crippen LogP contribution in [-0.2, 0) is 16.0 Å². The van der Waals surface area contributed by atoms with E-state index in [0.717, 1.165) is 0 Å². The smallest absolute Gasteiger partial charge is 0.249 e. The summed E-state index contributed by atoms with van der Waals surface area (Å²) >= 11 is 0. The van der Waals surface area contributed by atoms with Gasteiger partial charge in [0, 0.05) is 18.3 Å². The first kappa shape index (κ1) is 12.2. The molecule has 0 aliphatic rings. The van der Waals surface area contributed by atoms with Crippen LogP contribution in [0, 0.1) is 0 Å². The Morgan fingerprint density at radius 2 is 2.38 bits per heavy atom. The van der Waals surface area contributed by atoms with Crippen LogP contribution in [0.2, 0.25) is 0 Å². The summed E-state index contributed by atoms with van der Waals surface area (Å²) in [5.41, 5.74) is 5.81. The third kappa shape index (κ3) is 3.35. The minimum Gasteiger partial charge on any atom is -0.384 e. The molecule has 1 rings (SSSR count). The zero-order chi connectivity index (χ0) is 12.1. The first-order chi connectivity index (χ1) is 7.50. The van der Waals surface area contributed by atoms with Crippen LogP contribution in [0.15, 0.2) is 12.5 Å². The molecule has 0 spiro atoms. The average Bonchev–Trinajstić information content (AvgIpc) is 2.68. The molecule has 2 atom stereocenters. The van der Waals surface area contributed by atoms with Crippen LogP contribution < -0.4 is 11.1 Å². The highest BCUT2D eigenvalue weighted by Crippen LogP contribution is 1.98. The predicted molar refractivity (Wildman–Crippen MR) is 55.1 cm³/mol. The van der Waals surface area contributed by atoms with Crippen molar-refractivity contribution in [3.8, 4) is 0 Å². The van der Waals surface area contributed by atoms with Gasteiger partial charge in [0.25, 0.3) is 0 Å². The maximum absolute atomic E-state index is 11.2. The van der Waals surface area contributed by atoms with E-state index >= 15 is 0 Å². The number of aromatic nitrogens is 2. The zero-order valence-electron chi connectivity index (χ0n) is 8.80. The summed E-state index contributed by atoms with van der Waals surface area (Å²) < 4.78 is 0. The molecule has 0 aliphatic heterocycles. The van der Waals surface area contributed by atoms with Gasteiger partial charge in [-0.3, -0.25) is 9.59 Å². The van der Waals surface area contributed by atoms with E-state index in [4.69, 9.17) is 10.8 Å². The number of H-pyrrole nitrogens is 1. The highest BCUT2D eigenvalue weighted by atomic mass is 16.3. The van der Waals surface area contributed by atoms with Crippen molar-refractivity contribution >= 4 is 11.8 Å². The molecule has 2 amide bonds. The number of carbonyl (C=O) groups is 2. The number of amides is 2. The number of carbonyl (C=O) groups excluding carboxylic acids is 2.